The van der Waals surface area contributed by atoms with Crippen molar-refractivity contribution >= 4 is 17.9 Å². The Morgan fingerprint density at radius 3 is 2.38 bits per heavy atom. The third-order valence-corrected chi connectivity index (χ3v) is 4.50. The van der Waals surface area contributed by atoms with Crippen molar-refractivity contribution in [3.8, 4) is 5.75 Å². The first-order valence-corrected chi connectivity index (χ1v) is 7.78. The number of nitrogens with zero attached hydrogens (tertiary/aromatic N) is 1. The maximum Gasteiger partial charge on any atom is 0.403 e. The third-order valence-electron chi connectivity index (χ3n) is 4.50. The molecule has 26 heavy (non-hydrogen) atoms. The molecule has 0 spiro atoms. The van der Waals surface area contributed by atoms with Crippen LogP contribution in [0, 0.1) is 0 Å². The highest BCUT2D eigenvalue weighted by molar-refractivity contribution is 5.91. The molecule has 2 aromatic rings. The summed E-state index contributed by atoms with van der Waals surface area (Å²) >= 11 is 0. The Hall–Kier alpha value is -2.83. The molecule has 0 amide bonds. The molecule has 2 aromatic carbocycles. The number of benzene rings is 2. The zero-order chi connectivity index (χ0) is 18.9. The molecule has 0 fully saturated rings. The summed E-state index contributed by atoms with van der Waals surface area (Å²) in [4.78, 5) is 15.7. The van der Waals surface area contributed by atoms with Gasteiger partial charge in [0.15, 0.2) is 0 Å². The zero-order valence-corrected chi connectivity index (χ0v) is 14.1. The third kappa shape index (κ3) is 2.94. The second-order valence-electron chi connectivity index (χ2n) is 5.97. The van der Waals surface area contributed by atoms with Crippen LogP contribution in [-0.4, -0.2) is 32.6 Å². The van der Waals surface area contributed by atoms with Crippen LogP contribution in [0.2, 0.25) is 0 Å². The Bertz CT molecular complexity index is 859. The maximum absolute atomic E-state index is 14.1. The van der Waals surface area contributed by atoms with Gasteiger partial charge >= 0.3 is 12.1 Å². The van der Waals surface area contributed by atoms with Crippen molar-refractivity contribution in [2.45, 2.75) is 18.0 Å². The monoisotopic (exact) mass is 363 g/mol. The summed E-state index contributed by atoms with van der Waals surface area (Å²) in [5.41, 5.74) is -1.28. The highest BCUT2D eigenvalue weighted by Crippen LogP contribution is 2.46. The molecular formula is C19H16F3NO3. The fraction of sp³-hybridized carbons (Fsp3) is 0.263. The van der Waals surface area contributed by atoms with Gasteiger partial charge in [-0.2, -0.15) is 13.2 Å². The summed E-state index contributed by atoms with van der Waals surface area (Å²) in [5, 5.41) is 0. The first-order valence-electron chi connectivity index (χ1n) is 7.78. The van der Waals surface area contributed by atoms with Crippen LogP contribution in [0.4, 0.5) is 18.9 Å². The summed E-state index contributed by atoms with van der Waals surface area (Å²) < 4.78 is 51.9. The minimum Gasteiger partial charge on any atom is -0.497 e. The van der Waals surface area contributed by atoms with E-state index in [-0.39, 0.29) is 17.5 Å². The molecule has 1 aliphatic rings. The molecule has 0 saturated carbocycles. The first kappa shape index (κ1) is 18.0. The van der Waals surface area contributed by atoms with E-state index < -0.39 is 17.6 Å². The lowest BCUT2D eigenvalue weighted by molar-refractivity contribution is -0.168. The summed E-state index contributed by atoms with van der Waals surface area (Å²) in [6, 6.07) is 10.1. The fourth-order valence-corrected chi connectivity index (χ4v) is 3.03. The van der Waals surface area contributed by atoms with Crippen molar-refractivity contribution in [3.05, 3.63) is 59.2 Å². The van der Waals surface area contributed by atoms with Gasteiger partial charge in [-0.25, -0.2) is 4.79 Å². The molecule has 1 atom stereocenters. The number of esters is 1. The van der Waals surface area contributed by atoms with E-state index in [1.54, 1.807) is 0 Å². The van der Waals surface area contributed by atoms with Crippen molar-refractivity contribution in [1.29, 1.82) is 0 Å². The minimum absolute atomic E-state index is 0.0590. The number of ether oxygens (including phenoxy) is 2. The van der Waals surface area contributed by atoms with E-state index >= 15 is 0 Å². The number of carbonyl (C=O) groups excluding carboxylic acids is 1. The molecule has 0 aliphatic carbocycles. The molecule has 0 saturated heterocycles. The van der Waals surface area contributed by atoms with Crippen LogP contribution < -0.4 is 4.74 Å². The number of alkyl halides is 3. The van der Waals surface area contributed by atoms with Gasteiger partial charge in [-0.05, 0) is 47.9 Å². The molecule has 3 rings (SSSR count). The highest BCUT2D eigenvalue weighted by atomic mass is 19.4. The van der Waals surface area contributed by atoms with Gasteiger partial charge in [0.2, 0.25) is 0 Å². The molecule has 4 nitrogen and oxygen atoms in total. The van der Waals surface area contributed by atoms with Crippen molar-refractivity contribution in [3.63, 3.8) is 0 Å². The first-order chi connectivity index (χ1) is 12.3. The summed E-state index contributed by atoms with van der Waals surface area (Å²) in [5.74, 6) is -0.142. The highest BCUT2D eigenvalue weighted by Gasteiger charge is 2.56. The number of rotatable bonds is 3. The van der Waals surface area contributed by atoms with Crippen LogP contribution >= 0.6 is 0 Å². The van der Waals surface area contributed by atoms with E-state index in [1.807, 2.05) is 0 Å². The molecule has 0 N–H and O–H groups in total. The Morgan fingerprint density at radius 2 is 1.81 bits per heavy atom. The molecule has 1 aliphatic heterocycles. The van der Waals surface area contributed by atoms with Crippen LogP contribution in [0.5, 0.6) is 5.75 Å². The van der Waals surface area contributed by atoms with E-state index in [0.29, 0.717) is 17.0 Å². The largest absolute Gasteiger partial charge is 0.497 e. The minimum atomic E-state index is -4.57. The Kier molecular flexibility index (Phi) is 4.48. The van der Waals surface area contributed by atoms with Gasteiger partial charge in [-0.15, -0.1) is 0 Å². The van der Waals surface area contributed by atoms with Crippen molar-refractivity contribution in [2.75, 3.05) is 14.2 Å². The number of halogens is 3. The molecule has 0 radical (unpaired) electrons. The second kappa shape index (κ2) is 6.48. The SMILES string of the molecule is COC(=O)c1ccc2c(c1)C[C@](c1ccc(OC)cc1)(C(F)(F)F)C=N2. The lowest BCUT2D eigenvalue weighted by Gasteiger charge is -2.35. The van der Waals surface area contributed by atoms with Gasteiger partial charge in [0.25, 0.3) is 0 Å². The van der Waals surface area contributed by atoms with E-state index in [1.165, 1.54) is 56.7 Å². The van der Waals surface area contributed by atoms with E-state index in [4.69, 9.17) is 4.74 Å². The predicted molar refractivity (Wildman–Crippen MR) is 90.4 cm³/mol. The second-order valence-corrected chi connectivity index (χ2v) is 5.97. The van der Waals surface area contributed by atoms with Gasteiger partial charge < -0.3 is 9.47 Å². The Balaban J connectivity index is 2.10. The normalized spacial score (nSPS) is 19.0. The fourth-order valence-electron chi connectivity index (χ4n) is 3.03. The topological polar surface area (TPSA) is 47.9 Å². The standard InChI is InChI=1S/C19H16F3NO3/c1-25-15-6-4-14(5-7-15)18(19(20,21)22)10-13-9-12(17(24)26-2)3-8-16(13)23-11-18/h3-9,11H,10H2,1-2H3/t18-/m0/s1. The number of carbonyl (C=O) groups is 1. The summed E-state index contributed by atoms with van der Waals surface area (Å²) in [6.45, 7) is 0. The van der Waals surface area contributed by atoms with Gasteiger partial charge in [-0.3, -0.25) is 4.99 Å². The van der Waals surface area contributed by atoms with Crippen molar-refractivity contribution in [2.24, 2.45) is 4.99 Å². The smallest absolute Gasteiger partial charge is 0.403 e. The zero-order valence-electron chi connectivity index (χ0n) is 14.1. The van der Waals surface area contributed by atoms with E-state index in [0.717, 1.165) is 6.21 Å². The summed E-state index contributed by atoms with van der Waals surface area (Å²) in [6.07, 6.45) is -3.98. The average molecular weight is 363 g/mol. The van der Waals surface area contributed by atoms with Gasteiger partial charge in [-0.1, -0.05) is 12.1 Å². The Morgan fingerprint density at radius 1 is 1.12 bits per heavy atom. The number of aliphatic imine (C=N–C) groups is 1. The lowest BCUT2D eigenvalue weighted by Crippen LogP contribution is -2.47. The van der Waals surface area contributed by atoms with Crippen molar-refractivity contribution < 1.29 is 27.4 Å². The van der Waals surface area contributed by atoms with Gasteiger partial charge in [0.05, 0.1) is 25.5 Å². The number of hydrogen-bond acceptors (Lipinski definition) is 4. The molecule has 0 bridgehead atoms. The molecular weight excluding hydrogens is 347 g/mol. The van der Waals surface area contributed by atoms with Crippen LogP contribution in [-0.2, 0) is 16.6 Å². The van der Waals surface area contributed by atoms with Crippen LogP contribution in [0.1, 0.15) is 21.5 Å². The number of hydrogen-bond donors (Lipinski definition) is 0. The maximum atomic E-state index is 14.1. The average Bonchev–Trinajstić information content (AvgIpc) is 2.65. The molecule has 0 unspecified atom stereocenters. The number of fused-ring (bicyclic) bond motifs is 1. The number of methoxy groups -OCH3 is 2. The van der Waals surface area contributed by atoms with Crippen LogP contribution in [0.15, 0.2) is 47.5 Å². The van der Waals surface area contributed by atoms with Gasteiger partial charge in [0.1, 0.15) is 11.2 Å². The summed E-state index contributed by atoms with van der Waals surface area (Å²) in [7, 11) is 2.67. The van der Waals surface area contributed by atoms with Crippen LogP contribution in [0.25, 0.3) is 0 Å². The van der Waals surface area contributed by atoms with Crippen LogP contribution in [0.3, 0.4) is 0 Å². The Labute approximate surface area is 148 Å². The lowest BCUT2D eigenvalue weighted by atomic mass is 9.74. The molecule has 7 heteroatoms. The van der Waals surface area contributed by atoms with E-state index in [9.17, 15) is 18.0 Å². The van der Waals surface area contributed by atoms with Crippen molar-refractivity contribution in [1.82, 2.24) is 0 Å². The quantitative estimate of drug-likeness (QED) is 0.767. The van der Waals surface area contributed by atoms with E-state index in [2.05, 4.69) is 9.73 Å². The molecule has 1 heterocycles. The van der Waals surface area contributed by atoms with Gasteiger partial charge in [0, 0.05) is 6.21 Å². The predicted octanol–water partition coefficient (Wildman–Crippen LogP) is 4.24. The molecule has 0 aromatic heterocycles. The molecule has 136 valence electrons.